The summed E-state index contributed by atoms with van der Waals surface area (Å²) in [4.78, 5) is 7.15. The monoisotopic (exact) mass is 371 g/mol. The summed E-state index contributed by atoms with van der Waals surface area (Å²) >= 11 is 0. The molecule has 0 radical (unpaired) electrons. The van der Waals surface area contributed by atoms with Crippen molar-refractivity contribution >= 4 is 10.9 Å². The van der Waals surface area contributed by atoms with Gasteiger partial charge in [-0.3, -0.25) is 9.88 Å². The first-order valence-corrected chi connectivity index (χ1v) is 11.0. The summed E-state index contributed by atoms with van der Waals surface area (Å²) in [7, 11) is 2.34. The molecular formula is C25H29N3. The van der Waals surface area contributed by atoms with E-state index in [-0.39, 0.29) is 0 Å². The molecule has 1 saturated heterocycles. The van der Waals surface area contributed by atoms with Crippen LogP contribution in [0.4, 0.5) is 0 Å². The van der Waals surface area contributed by atoms with Gasteiger partial charge in [-0.2, -0.15) is 0 Å². The van der Waals surface area contributed by atoms with Crippen molar-refractivity contribution in [3.05, 3.63) is 64.6 Å². The molecular weight excluding hydrogens is 342 g/mol. The molecule has 3 aromatic rings. The van der Waals surface area contributed by atoms with Gasteiger partial charge in [-0.05, 0) is 86.9 Å². The number of nitrogens with zero attached hydrogens (tertiary/aromatic N) is 3. The van der Waals surface area contributed by atoms with Gasteiger partial charge in [0.2, 0.25) is 0 Å². The van der Waals surface area contributed by atoms with Crippen molar-refractivity contribution in [1.29, 1.82) is 0 Å². The fourth-order valence-electron chi connectivity index (χ4n) is 5.69. The summed E-state index contributed by atoms with van der Waals surface area (Å²) in [5, 5.41) is 1.54. The minimum atomic E-state index is 0.619. The molecule has 0 spiro atoms. The van der Waals surface area contributed by atoms with Crippen molar-refractivity contribution in [3.63, 3.8) is 0 Å². The Kier molecular flexibility index (Phi) is 3.71. The Balaban J connectivity index is 1.45. The van der Waals surface area contributed by atoms with Gasteiger partial charge in [0, 0.05) is 53.5 Å². The molecule has 1 saturated carbocycles. The minimum absolute atomic E-state index is 0.619. The Morgan fingerprint density at radius 2 is 1.96 bits per heavy atom. The Labute approximate surface area is 167 Å². The van der Waals surface area contributed by atoms with Gasteiger partial charge in [0.25, 0.3) is 0 Å². The van der Waals surface area contributed by atoms with Crippen molar-refractivity contribution in [2.75, 3.05) is 7.05 Å². The van der Waals surface area contributed by atoms with Gasteiger partial charge in [-0.25, -0.2) is 0 Å². The topological polar surface area (TPSA) is 21.1 Å². The van der Waals surface area contributed by atoms with Crippen LogP contribution in [0, 0.1) is 6.92 Å². The molecule has 2 atom stereocenters. The quantitative estimate of drug-likeness (QED) is 0.632. The first-order valence-electron chi connectivity index (χ1n) is 11.0. The average molecular weight is 372 g/mol. The van der Waals surface area contributed by atoms with E-state index < -0.39 is 0 Å². The molecule has 1 aromatic carbocycles. The lowest BCUT2D eigenvalue weighted by Crippen LogP contribution is -2.34. The van der Waals surface area contributed by atoms with E-state index in [1.807, 2.05) is 0 Å². The Hall–Kier alpha value is -2.13. The van der Waals surface area contributed by atoms with Gasteiger partial charge in [-0.1, -0.05) is 12.1 Å². The molecule has 144 valence electrons. The van der Waals surface area contributed by atoms with E-state index in [2.05, 4.69) is 65.0 Å². The standard InChI is InChI=1S/C25H29N3/c1-16-3-4-17(15-26-16)11-12-28-22-9-7-19(18-5-6-18)13-21(22)25-23-10-8-20(27(23)2)14-24(25)28/h3-4,7,9,13,15,18,20,23H,5-6,8,10-12,14H2,1-2H3. The number of hydrogen-bond acceptors (Lipinski definition) is 2. The molecule has 2 aromatic heterocycles. The number of likely N-dealkylation sites (N-methyl/N-ethyl adjacent to an activating group) is 1. The van der Waals surface area contributed by atoms with Crippen LogP contribution in [-0.2, 0) is 19.4 Å². The SMILES string of the molecule is Cc1ccc(CCn2c3c(c4cc(C5CC5)ccc42)C2CCC(C3)N2C)cn1. The predicted octanol–water partition coefficient (Wildman–Crippen LogP) is 5.16. The van der Waals surface area contributed by atoms with Gasteiger partial charge in [-0.15, -0.1) is 0 Å². The molecule has 4 heterocycles. The number of aromatic nitrogens is 2. The van der Waals surface area contributed by atoms with Crippen LogP contribution in [0.2, 0.25) is 0 Å². The van der Waals surface area contributed by atoms with Crippen molar-refractivity contribution in [2.24, 2.45) is 0 Å². The van der Waals surface area contributed by atoms with E-state index in [4.69, 9.17) is 0 Å². The first kappa shape index (κ1) is 16.8. The Bertz CT molecular complexity index is 1040. The molecule has 3 heteroatoms. The normalized spacial score (nSPS) is 24.1. The maximum atomic E-state index is 4.49. The third-order valence-electron chi connectivity index (χ3n) is 7.49. The fourth-order valence-corrected chi connectivity index (χ4v) is 5.69. The highest BCUT2D eigenvalue weighted by Gasteiger charge is 2.41. The zero-order valence-corrected chi connectivity index (χ0v) is 17.0. The fraction of sp³-hybridized carbons (Fsp3) is 0.480. The highest BCUT2D eigenvalue weighted by molar-refractivity contribution is 5.87. The largest absolute Gasteiger partial charge is 0.344 e. The average Bonchev–Trinajstić information content (AvgIpc) is 3.47. The number of benzene rings is 1. The number of aryl methyl sites for hydroxylation is 3. The van der Waals surface area contributed by atoms with Gasteiger partial charge in [0.05, 0.1) is 0 Å². The summed E-state index contributed by atoms with van der Waals surface area (Å²) in [6, 6.07) is 13.1. The van der Waals surface area contributed by atoms with Gasteiger partial charge in [0.15, 0.2) is 0 Å². The zero-order valence-electron chi connectivity index (χ0n) is 17.0. The van der Waals surface area contributed by atoms with Crippen molar-refractivity contribution in [2.45, 2.75) is 70.0 Å². The number of pyridine rings is 1. The van der Waals surface area contributed by atoms with E-state index in [0.717, 1.165) is 30.6 Å². The number of hydrogen-bond donors (Lipinski definition) is 0. The van der Waals surface area contributed by atoms with Crippen molar-refractivity contribution in [3.8, 4) is 0 Å². The maximum Gasteiger partial charge on any atom is 0.0486 e. The summed E-state index contributed by atoms with van der Waals surface area (Å²) in [5.74, 6) is 0.819. The van der Waals surface area contributed by atoms with Crippen LogP contribution in [0.25, 0.3) is 10.9 Å². The second-order valence-electron chi connectivity index (χ2n) is 9.24. The van der Waals surface area contributed by atoms with E-state index in [1.165, 1.54) is 43.2 Å². The number of rotatable bonds is 4. The lowest BCUT2D eigenvalue weighted by molar-refractivity contribution is 0.222. The van der Waals surface area contributed by atoms with Crippen molar-refractivity contribution < 1.29 is 0 Å². The highest BCUT2D eigenvalue weighted by Crippen LogP contribution is 2.48. The summed E-state index contributed by atoms with van der Waals surface area (Å²) in [5.41, 5.74) is 8.73. The third-order valence-corrected chi connectivity index (χ3v) is 7.49. The summed E-state index contributed by atoms with van der Waals surface area (Å²) in [6.07, 6.45) is 9.74. The summed E-state index contributed by atoms with van der Waals surface area (Å²) in [6.45, 7) is 3.12. The lowest BCUT2D eigenvalue weighted by Gasteiger charge is -2.32. The van der Waals surface area contributed by atoms with Gasteiger partial charge in [0.1, 0.15) is 0 Å². The van der Waals surface area contributed by atoms with E-state index >= 15 is 0 Å². The highest BCUT2D eigenvalue weighted by atomic mass is 15.2. The Morgan fingerprint density at radius 1 is 1.07 bits per heavy atom. The second-order valence-corrected chi connectivity index (χ2v) is 9.24. The second kappa shape index (κ2) is 6.18. The van der Waals surface area contributed by atoms with Crippen LogP contribution in [0.3, 0.4) is 0 Å². The molecule has 6 rings (SSSR count). The molecule has 0 amide bonds. The number of fused-ring (bicyclic) bond motifs is 6. The third kappa shape index (κ3) is 2.56. The predicted molar refractivity (Wildman–Crippen MR) is 114 cm³/mol. The smallest absolute Gasteiger partial charge is 0.0486 e. The maximum absolute atomic E-state index is 4.49. The molecule has 3 aliphatic rings. The van der Waals surface area contributed by atoms with Crippen LogP contribution >= 0.6 is 0 Å². The zero-order chi connectivity index (χ0) is 18.8. The van der Waals surface area contributed by atoms with Gasteiger partial charge < -0.3 is 4.57 Å². The minimum Gasteiger partial charge on any atom is -0.344 e. The summed E-state index contributed by atoms with van der Waals surface area (Å²) < 4.78 is 2.65. The molecule has 0 N–H and O–H groups in total. The van der Waals surface area contributed by atoms with Crippen LogP contribution in [0.5, 0.6) is 0 Å². The van der Waals surface area contributed by atoms with E-state index in [0.29, 0.717) is 6.04 Å². The van der Waals surface area contributed by atoms with Crippen molar-refractivity contribution in [1.82, 2.24) is 14.5 Å². The molecule has 2 bridgehead atoms. The van der Waals surface area contributed by atoms with Crippen LogP contribution < -0.4 is 0 Å². The van der Waals surface area contributed by atoms with Crippen LogP contribution in [-0.4, -0.2) is 27.5 Å². The van der Waals surface area contributed by atoms with Gasteiger partial charge >= 0.3 is 0 Å². The van der Waals surface area contributed by atoms with E-state index in [1.54, 1.807) is 22.2 Å². The molecule has 2 fully saturated rings. The molecule has 2 aliphatic heterocycles. The molecule has 2 unspecified atom stereocenters. The molecule has 3 nitrogen and oxygen atoms in total. The molecule has 28 heavy (non-hydrogen) atoms. The first-order chi connectivity index (χ1) is 13.7. The van der Waals surface area contributed by atoms with E-state index in [9.17, 15) is 0 Å². The van der Waals surface area contributed by atoms with Crippen LogP contribution in [0.1, 0.15) is 65.7 Å². The van der Waals surface area contributed by atoms with Crippen LogP contribution in [0.15, 0.2) is 36.5 Å². The lowest BCUT2D eigenvalue weighted by atomic mass is 9.96. The molecule has 1 aliphatic carbocycles. The Morgan fingerprint density at radius 3 is 2.75 bits per heavy atom.